The smallest absolute Gasteiger partial charge is 0.395 e. The lowest BCUT2D eigenvalue weighted by atomic mass is 10.2. The van der Waals surface area contributed by atoms with E-state index in [0.29, 0.717) is 0 Å². The van der Waals surface area contributed by atoms with Gasteiger partial charge in [0.15, 0.2) is 0 Å². The zero-order valence-electron chi connectivity index (χ0n) is 13.0. The van der Waals surface area contributed by atoms with E-state index < -0.39 is 48.2 Å². The fraction of sp³-hybridized carbons (Fsp3) is 0.500. The second-order valence-corrected chi connectivity index (χ2v) is 6.43. The van der Waals surface area contributed by atoms with Gasteiger partial charge in [0.2, 0.25) is 6.29 Å². The molecular formula is C14H17F3O6S. The van der Waals surface area contributed by atoms with Crippen LogP contribution in [0.15, 0.2) is 29.2 Å². The third-order valence-electron chi connectivity index (χ3n) is 2.63. The molecule has 1 atom stereocenters. The van der Waals surface area contributed by atoms with Gasteiger partial charge in [-0.25, -0.2) is 0 Å². The number of benzene rings is 1. The zero-order valence-corrected chi connectivity index (χ0v) is 13.8. The van der Waals surface area contributed by atoms with Gasteiger partial charge < -0.3 is 9.47 Å². The molecule has 0 heterocycles. The lowest BCUT2D eigenvalue weighted by Gasteiger charge is -2.19. The highest BCUT2D eigenvalue weighted by atomic mass is 32.2. The van der Waals surface area contributed by atoms with Crippen LogP contribution in [0, 0.1) is 6.92 Å². The lowest BCUT2D eigenvalue weighted by molar-refractivity contribution is -0.220. The molecule has 0 saturated heterocycles. The Kier molecular flexibility index (Phi) is 7.18. The molecule has 0 aliphatic heterocycles. The first-order valence-corrected chi connectivity index (χ1v) is 8.22. The molecule has 0 aromatic heterocycles. The summed E-state index contributed by atoms with van der Waals surface area (Å²) in [6.07, 6.45) is -7.96. The first kappa shape index (κ1) is 20.4. The van der Waals surface area contributed by atoms with Crippen molar-refractivity contribution in [1.29, 1.82) is 0 Å². The van der Waals surface area contributed by atoms with Crippen LogP contribution < -0.4 is 0 Å². The van der Waals surface area contributed by atoms with Crippen LogP contribution in [0.1, 0.15) is 18.9 Å². The summed E-state index contributed by atoms with van der Waals surface area (Å²) < 4.78 is 74.4. The van der Waals surface area contributed by atoms with Gasteiger partial charge in [-0.15, -0.1) is 0 Å². The van der Waals surface area contributed by atoms with Gasteiger partial charge in [-0.3, -0.25) is 8.98 Å². The van der Waals surface area contributed by atoms with Crippen LogP contribution in [-0.2, 0) is 28.6 Å². The molecule has 1 aromatic rings. The van der Waals surface area contributed by atoms with E-state index in [9.17, 15) is 26.4 Å². The molecule has 0 N–H and O–H groups in total. The number of aryl methyl sites for hydroxylation is 1. The molecule has 0 bridgehead atoms. The summed E-state index contributed by atoms with van der Waals surface area (Å²) >= 11 is 0. The molecule has 10 heteroatoms. The third-order valence-corrected chi connectivity index (χ3v) is 3.96. The van der Waals surface area contributed by atoms with Crippen molar-refractivity contribution in [3.8, 4) is 0 Å². The highest BCUT2D eigenvalue weighted by Crippen LogP contribution is 2.23. The van der Waals surface area contributed by atoms with Crippen LogP contribution >= 0.6 is 0 Å². The van der Waals surface area contributed by atoms with Crippen molar-refractivity contribution in [2.45, 2.75) is 37.6 Å². The molecule has 6 nitrogen and oxygen atoms in total. The molecular weight excluding hydrogens is 353 g/mol. The topological polar surface area (TPSA) is 78.9 Å². The molecule has 0 aliphatic rings. The SMILES string of the molecule is CC(=O)OC(CC(F)(F)F)OCCOS(=O)(=O)c1ccc(C)cc1. The van der Waals surface area contributed by atoms with Gasteiger partial charge in [0.05, 0.1) is 18.1 Å². The van der Waals surface area contributed by atoms with Crippen molar-refractivity contribution in [3.05, 3.63) is 29.8 Å². The Morgan fingerprint density at radius 1 is 1.17 bits per heavy atom. The number of alkyl halides is 3. The molecule has 136 valence electrons. The Labute approximate surface area is 137 Å². The van der Waals surface area contributed by atoms with E-state index in [1.54, 1.807) is 19.1 Å². The Bertz CT molecular complexity index is 639. The molecule has 0 radical (unpaired) electrons. The van der Waals surface area contributed by atoms with Gasteiger partial charge in [0, 0.05) is 6.92 Å². The minimum absolute atomic E-state index is 0.0834. The van der Waals surface area contributed by atoms with Crippen LogP contribution in [0.25, 0.3) is 0 Å². The second-order valence-electron chi connectivity index (χ2n) is 4.82. The molecule has 1 aromatic carbocycles. The van der Waals surface area contributed by atoms with E-state index in [4.69, 9.17) is 4.74 Å². The van der Waals surface area contributed by atoms with Gasteiger partial charge in [-0.05, 0) is 19.1 Å². The molecule has 0 spiro atoms. The number of hydrogen-bond acceptors (Lipinski definition) is 6. The number of esters is 1. The van der Waals surface area contributed by atoms with Gasteiger partial charge in [0.1, 0.15) is 6.42 Å². The molecule has 0 fully saturated rings. The second kappa shape index (κ2) is 8.45. The largest absolute Gasteiger partial charge is 0.436 e. The first-order chi connectivity index (χ1) is 11.0. The maximum atomic E-state index is 12.3. The molecule has 0 amide bonds. The highest BCUT2D eigenvalue weighted by molar-refractivity contribution is 7.86. The summed E-state index contributed by atoms with van der Waals surface area (Å²) in [7, 11) is -4.04. The van der Waals surface area contributed by atoms with E-state index in [2.05, 4.69) is 8.92 Å². The van der Waals surface area contributed by atoms with Gasteiger partial charge in [-0.2, -0.15) is 21.6 Å². The summed E-state index contributed by atoms with van der Waals surface area (Å²) in [5, 5.41) is 0. The minimum atomic E-state index is -4.60. The molecule has 24 heavy (non-hydrogen) atoms. The normalized spacial score (nSPS) is 13.5. The quantitative estimate of drug-likeness (QED) is 0.303. The first-order valence-electron chi connectivity index (χ1n) is 6.81. The molecule has 0 saturated carbocycles. The predicted octanol–water partition coefficient (Wildman–Crippen LogP) is 2.56. The van der Waals surface area contributed by atoms with Crippen molar-refractivity contribution in [3.63, 3.8) is 0 Å². The Balaban J connectivity index is 2.52. The van der Waals surface area contributed by atoms with Crippen LogP contribution in [-0.4, -0.2) is 40.1 Å². The van der Waals surface area contributed by atoms with Crippen LogP contribution in [0.2, 0.25) is 0 Å². The summed E-state index contributed by atoms with van der Waals surface area (Å²) in [4.78, 5) is 10.7. The van der Waals surface area contributed by atoms with Crippen LogP contribution in [0.5, 0.6) is 0 Å². The molecule has 1 unspecified atom stereocenters. The maximum Gasteiger partial charge on any atom is 0.395 e. The Morgan fingerprint density at radius 2 is 1.75 bits per heavy atom. The number of halogens is 3. The summed E-state index contributed by atoms with van der Waals surface area (Å²) in [6.45, 7) is 1.69. The third kappa shape index (κ3) is 7.75. The van der Waals surface area contributed by atoms with E-state index in [-0.39, 0.29) is 4.90 Å². The molecule has 1 rings (SSSR count). The van der Waals surface area contributed by atoms with Crippen molar-refractivity contribution in [2.75, 3.05) is 13.2 Å². The van der Waals surface area contributed by atoms with E-state index >= 15 is 0 Å². The van der Waals surface area contributed by atoms with Crippen LogP contribution in [0.3, 0.4) is 0 Å². The highest BCUT2D eigenvalue weighted by Gasteiger charge is 2.34. The molecule has 0 aliphatic carbocycles. The van der Waals surface area contributed by atoms with E-state index in [1.165, 1.54) is 12.1 Å². The lowest BCUT2D eigenvalue weighted by Crippen LogP contribution is -2.28. The number of ether oxygens (including phenoxy) is 2. The standard InChI is InChI=1S/C14H17F3O6S/c1-10-3-5-12(6-4-10)24(19,20)22-8-7-21-13(23-11(2)18)9-14(15,16)17/h3-6,13H,7-9H2,1-2H3. The number of rotatable bonds is 8. The Morgan fingerprint density at radius 3 is 2.25 bits per heavy atom. The fourth-order valence-electron chi connectivity index (χ4n) is 1.60. The van der Waals surface area contributed by atoms with Crippen molar-refractivity contribution < 1.29 is 40.0 Å². The number of hydrogen-bond donors (Lipinski definition) is 0. The number of carbonyl (C=O) groups excluding carboxylic acids is 1. The van der Waals surface area contributed by atoms with Gasteiger partial charge >= 0.3 is 12.1 Å². The Hall–Kier alpha value is -1.65. The van der Waals surface area contributed by atoms with E-state index in [1.807, 2.05) is 0 Å². The van der Waals surface area contributed by atoms with Gasteiger partial charge in [-0.1, -0.05) is 17.7 Å². The number of carbonyl (C=O) groups is 1. The fourth-order valence-corrected chi connectivity index (χ4v) is 2.50. The summed E-state index contributed by atoms with van der Waals surface area (Å²) in [5.74, 6) is -0.947. The van der Waals surface area contributed by atoms with E-state index in [0.717, 1.165) is 12.5 Å². The maximum absolute atomic E-state index is 12.3. The average Bonchev–Trinajstić information content (AvgIpc) is 2.41. The van der Waals surface area contributed by atoms with Crippen molar-refractivity contribution in [2.24, 2.45) is 0 Å². The zero-order chi connectivity index (χ0) is 18.4. The monoisotopic (exact) mass is 370 g/mol. The summed E-state index contributed by atoms with van der Waals surface area (Å²) in [6, 6.07) is 5.84. The van der Waals surface area contributed by atoms with Gasteiger partial charge in [0.25, 0.3) is 10.1 Å². The van der Waals surface area contributed by atoms with Crippen LogP contribution in [0.4, 0.5) is 13.2 Å². The predicted molar refractivity (Wildman–Crippen MR) is 76.5 cm³/mol. The average molecular weight is 370 g/mol. The van der Waals surface area contributed by atoms with Crippen molar-refractivity contribution in [1.82, 2.24) is 0 Å². The van der Waals surface area contributed by atoms with Crippen molar-refractivity contribution >= 4 is 16.1 Å². The minimum Gasteiger partial charge on any atom is -0.436 e. The summed E-state index contributed by atoms with van der Waals surface area (Å²) in [5.41, 5.74) is 0.855.